The van der Waals surface area contributed by atoms with Gasteiger partial charge < -0.3 is 24.1 Å². The van der Waals surface area contributed by atoms with Crippen molar-refractivity contribution in [1.82, 2.24) is 0 Å². The molecular formula is C34H44O8. The van der Waals surface area contributed by atoms with E-state index in [1.165, 1.54) is 0 Å². The zero-order chi connectivity index (χ0) is 30.2. The van der Waals surface area contributed by atoms with E-state index < -0.39 is 52.5 Å². The second kappa shape index (κ2) is 8.66. The van der Waals surface area contributed by atoms with Gasteiger partial charge in [-0.2, -0.15) is 0 Å². The van der Waals surface area contributed by atoms with Crippen LogP contribution in [-0.2, 0) is 33.3 Å². The topological polar surface area (TPSA) is 108 Å². The van der Waals surface area contributed by atoms with Crippen molar-refractivity contribution in [2.24, 2.45) is 34.5 Å². The summed E-state index contributed by atoms with van der Waals surface area (Å²) in [5, 5.41) is 13.3. The normalized spacial score (nSPS) is 44.2. The number of allylic oxidation sites excluding steroid dienone is 1. The largest absolute Gasteiger partial charge is 0.451 e. The molecule has 0 amide bonds. The lowest BCUT2D eigenvalue weighted by Gasteiger charge is -2.52. The van der Waals surface area contributed by atoms with Gasteiger partial charge in [0.05, 0.1) is 17.6 Å². The molecule has 0 radical (unpaired) electrons. The van der Waals surface area contributed by atoms with Crippen molar-refractivity contribution in [3.63, 3.8) is 0 Å². The standard InChI is InChI=1S/C34H44O8/c1-17-15-33-18(2)13-22-24(30(22,4)5)21(25(33)35)14-20-16-39-31(6,7)41-27(20)34(33,38)26(17)40-29(37)23-19(3)28(36)42-32(23)11-9-8-10-12-32/h14-15,18,21-22,24,26-27,38H,8-13,16H2,1-7H3/t18-,21+,22-,24+,26+,27-,33+,34-/m1/s1. The minimum Gasteiger partial charge on any atom is -0.451 e. The maximum Gasteiger partial charge on any atom is 0.339 e. The van der Waals surface area contributed by atoms with Crippen molar-refractivity contribution in [3.05, 3.63) is 34.4 Å². The third-order valence-electron chi connectivity index (χ3n) is 12.2. The number of hydrogen-bond acceptors (Lipinski definition) is 8. The smallest absolute Gasteiger partial charge is 0.339 e. The Bertz CT molecular complexity index is 1380. The van der Waals surface area contributed by atoms with E-state index in [2.05, 4.69) is 13.8 Å². The Hall–Kier alpha value is -2.29. The van der Waals surface area contributed by atoms with Crippen LogP contribution >= 0.6 is 0 Å². The summed E-state index contributed by atoms with van der Waals surface area (Å²) in [7, 11) is 0. The maximum atomic E-state index is 14.9. The molecule has 2 aliphatic heterocycles. The van der Waals surface area contributed by atoms with E-state index in [1.54, 1.807) is 20.8 Å². The summed E-state index contributed by atoms with van der Waals surface area (Å²) < 4.78 is 24.8. The lowest BCUT2D eigenvalue weighted by atomic mass is 9.58. The summed E-state index contributed by atoms with van der Waals surface area (Å²) in [5.74, 6) is -2.34. The molecular weight excluding hydrogens is 536 g/mol. The molecule has 42 heavy (non-hydrogen) atoms. The molecule has 0 aromatic rings. The summed E-state index contributed by atoms with van der Waals surface area (Å²) in [5.41, 5.74) is -2.35. The highest BCUT2D eigenvalue weighted by Gasteiger charge is 2.77. The van der Waals surface area contributed by atoms with Crippen LogP contribution in [0.2, 0.25) is 0 Å². The van der Waals surface area contributed by atoms with Crippen LogP contribution in [0.15, 0.2) is 34.4 Å². The fraction of sp³-hybridized carbons (Fsp3) is 0.735. The molecule has 0 aromatic carbocycles. The highest BCUT2D eigenvalue weighted by atomic mass is 16.7. The van der Waals surface area contributed by atoms with Crippen LogP contribution in [0.3, 0.4) is 0 Å². The van der Waals surface area contributed by atoms with E-state index in [1.807, 2.05) is 26.0 Å². The summed E-state index contributed by atoms with van der Waals surface area (Å²) in [6, 6.07) is 0. The van der Waals surface area contributed by atoms with Gasteiger partial charge in [0.1, 0.15) is 11.7 Å². The molecule has 7 aliphatic rings. The lowest BCUT2D eigenvalue weighted by molar-refractivity contribution is -0.303. The molecule has 1 saturated heterocycles. The SMILES string of the molecule is CC1=C[C@]23C(=O)[C@@H](C=C4COC(C)(C)O[C@H]4[C@]2(O)[C@H]1OC(=O)C1=C(C)C(=O)OC12CCCCC2)[C@H]1[C@@H](C[C@H]3C)C1(C)C. The Kier molecular flexibility index (Phi) is 5.87. The quantitative estimate of drug-likeness (QED) is 0.369. The van der Waals surface area contributed by atoms with Gasteiger partial charge in [0.2, 0.25) is 0 Å². The van der Waals surface area contributed by atoms with Crippen LogP contribution in [0.4, 0.5) is 0 Å². The van der Waals surface area contributed by atoms with Gasteiger partial charge in [-0.3, -0.25) is 4.79 Å². The number of carbonyl (C=O) groups excluding carboxylic acids is 3. The highest BCUT2D eigenvalue weighted by molar-refractivity contribution is 6.05. The van der Waals surface area contributed by atoms with Crippen LogP contribution in [0.5, 0.6) is 0 Å². The van der Waals surface area contributed by atoms with Gasteiger partial charge in [0.25, 0.3) is 0 Å². The predicted molar refractivity (Wildman–Crippen MR) is 152 cm³/mol. The fourth-order valence-corrected chi connectivity index (χ4v) is 10.0. The summed E-state index contributed by atoms with van der Waals surface area (Å²) in [6.07, 6.45) is 6.41. The van der Waals surface area contributed by atoms with Gasteiger partial charge in [-0.1, -0.05) is 39.3 Å². The molecule has 4 fully saturated rings. The highest BCUT2D eigenvalue weighted by Crippen LogP contribution is 2.72. The molecule has 228 valence electrons. The van der Waals surface area contributed by atoms with Gasteiger partial charge in [0, 0.05) is 11.5 Å². The number of hydrogen-bond donors (Lipinski definition) is 1. The maximum absolute atomic E-state index is 14.9. The number of esters is 2. The van der Waals surface area contributed by atoms with Crippen molar-refractivity contribution in [3.8, 4) is 0 Å². The van der Waals surface area contributed by atoms with Gasteiger partial charge >= 0.3 is 11.9 Å². The molecule has 2 bridgehead atoms. The van der Waals surface area contributed by atoms with Crippen molar-refractivity contribution in [2.45, 2.75) is 116 Å². The molecule has 2 spiro atoms. The molecule has 8 heteroatoms. The summed E-state index contributed by atoms with van der Waals surface area (Å²) >= 11 is 0. The number of aliphatic hydroxyl groups is 1. The van der Waals surface area contributed by atoms with Crippen LogP contribution in [0.1, 0.15) is 87.0 Å². The van der Waals surface area contributed by atoms with Gasteiger partial charge in [0.15, 0.2) is 23.3 Å². The van der Waals surface area contributed by atoms with E-state index >= 15 is 0 Å². The molecule has 3 saturated carbocycles. The van der Waals surface area contributed by atoms with Crippen LogP contribution in [-0.4, -0.2) is 58.6 Å². The van der Waals surface area contributed by atoms with Gasteiger partial charge in [-0.15, -0.1) is 0 Å². The number of fused-ring (bicyclic) bond motifs is 5. The second-order valence-corrected chi connectivity index (χ2v) is 15.2. The van der Waals surface area contributed by atoms with Crippen molar-refractivity contribution < 1.29 is 38.4 Å². The van der Waals surface area contributed by atoms with E-state index in [0.29, 0.717) is 24.3 Å². The molecule has 7 rings (SSSR count). The van der Waals surface area contributed by atoms with E-state index in [4.69, 9.17) is 18.9 Å². The Morgan fingerprint density at radius 1 is 1.07 bits per heavy atom. The van der Waals surface area contributed by atoms with Crippen molar-refractivity contribution in [1.29, 1.82) is 0 Å². The summed E-state index contributed by atoms with van der Waals surface area (Å²) in [6.45, 7) is 13.8. The minimum atomic E-state index is -1.90. The molecule has 0 unspecified atom stereocenters. The van der Waals surface area contributed by atoms with E-state index in [0.717, 1.165) is 31.3 Å². The first kappa shape index (κ1) is 28.5. The average molecular weight is 581 g/mol. The third-order valence-corrected chi connectivity index (χ3v) is 12.2. The number of carbonyl (C=O) groups is 3. The number of ketones is 1. The zero-order valence-corrected chi connectivity index (χ0v) is 25.9. The third kappa shape index (κ3) is 3.43. The van der Waals surface area contributed by atoms with Crippen LogP contribution in [0.25, 0.3) is 0 Å². The van der Waals surface area contributed by atoms with Crippen molar-refractivity contribution >= 4 is 17.7 Å². The molecule has 2 heterocycles. The minimum absolute atomic E-state index is 0.0113. The molecule has 5 aliphatic carbocycles. The Morgan fingerprint density at radius 3 is 2.45 bits per heavy atom. The summed E-state index contributed by atoms with van der Waals surface area (Å²) in [4.78, 5) is 41.9. The first-order valence-electron chi connectivity index (χ1n) is 15.7. The number of ether oxygens (including phenoxy) is 4. The average Bonchev–Trinajstić information content (AvgIpc) is 3.30. The number of Topliss-reactive ketones (excluding diaryl/α,β-unsaturated/α-hetero) is 1. The monoisotopic (exact) mass is 580 g/mol. The second-order valence-electron chi connectivity index (χ2n) is 15.2. The molecule has 0 aromatic heterocycles. The molecule has 8 nitrogen and oxygen atoms in total. The first-order valence-corrected chi connectivity index (χ1v) is 15.7. The Balaban J connectivity index is 1.35. The first-order chi connectivity index (χ1) is 19.6. The molecule has 1 N–H and O–H groups in total. The van der Waals surface area contributed by atoms with Crippen LogP contribution in [0, 0.1) is 34.5 Å². The zero-order valence-electron chi connectivity index (χ0n) is 25.9. The Morgan fingerprint density at radius 2 is 1.76 bits per heavy atom. The fourth-order valence-electron chi connectivity index (χ4n) is 10.0. The Labute approximate surface area is 247 Å². The van der Waals surface area contributed by atoms with Gasteiger partial charge in [-0.05, 0) is 94.1 Å². The van der Waals surface area contributed by atoms with E-state index in [9.17, 15) is 19.5 Å². The lowest BCUT2D eigenvalue weighted by Crippen LogP contribution is -2.68. The van der Waals surface area contributed by atoms with Crippen molar-refractivity contribution in [2.75, 3.05) is 6.61 Å². The molecule has 8 atom stereocenters. The predicted octanol–water partition coefficient (Wildman–Crippen LogP) is 4.74. The van der Waals surface area contributed by atoms with Gasteiger partial charge in [-0.25, -0.2) is 9.59 Å². The number of rotatable bonds is 2. The van der Waals surface area contributed by atoms with E-state index in [-0.39, 0.29) is 40.8 Å². The van der Waals surface area contributed by atoms with Crippen LogP contribution < -0.4 is 0 Å².